The van der Waals surface area contributed by atoms with Gasteiger partial charge in [0.25, 0.3) is 0 Å². The molecule has 0 aromatic carbocycles. The van der Waals surface area contributed by atoms with Crippen LogP contribution in [0.1, 0.15) is 45.4 Å². The van der Waals surface area contributed by atoms with Crippen molar-refractivity contribution in [1.29, 1.82) is 5.26 Å². The van der Waals surface area contributed by atoms with Gasteiger partial charge in [0.05, 0.1) is 12.5 Å². The Morgan fingerprint density at radius 1 is 1.43 bits per heavy atom. The highest BCUT2D eigenvalue weighted by molar-refractivity contribution is 5.82. The van der Waals surface area contributed by atoms with Crippen molar-refractivity contribution in [3.8, 4) is 6.07 Å². The van der Waals surface area contributed by atoms with Gasteiger partial charge in [-0.3, -0.25) is 4.79 Å². The molecule has 0 unspecified atom stereocenters. The lowest BCUT2D eigenvalue weighted by atomic mass is 9.75. The summed E-state index contributed by atoms with van der Waals surface area (Å²) in [7, 11) is 0. The number of hydrogen-bond donors (Lipinski definition) is 1. The molecule has 1 saturated carbocycles. The first-order chi connectivity index (χ1) is 6.69. The molecule has 0 heterocycles. The number of amides is 1. The summed E-state index contributed by atoms with van der Waals surface area (Å²) in [4.78, 5) is 11.8. The average Bonchev–Trinajstić information content (AvgIpc) is 2.19. The molecule has 1 N–H and O–H groups in total. The van der Waals surface area contributed by atoms with Gasteiger partial charge in [0.1, 0.15) is 0 Å². The summed E-state index contributed by atoms with van der Waals surface area (Å²) in [6, 6.07) is 2.02. The summed E-state index contributed by atoms with van der Waals surface area (Å²) < 4.78 is 0. The molecule has 0 bridgehead atoms. The minimum atomic E-state index is -0.173. The van der Waals surface area contributed by atoms with Crippen LogP contribution in [-0.2, 0) is 4.79 Å². The molecule has 0 spiro atoms. The number of carbonyl (C=O) groups excluding carboxylic acids is 1. The molecule has 0 radical (unpaired) electrons. The van der Waals surface area contributed by atoms with E-state index in [2.05, 4.69) is 5.32 Å². The van der Waals surface area contributed by atoms with E-state index in [1.54, 1.807) is 0 Å². The third-order valence-electron chi connectivity index (χ3n) is 3.03. The maximum absolute atomic E-state index is 11.8. The van der Waals surface area contributed by atoms with Crippen LogP contribution >= 0.6 is 0 Å². The fourth-order valence-corrected chi connectivity index (χ4v) is 2.00. The molecule has 0 aliphatic heterocycles. The molecule has 1 amide bonds. The van der Waals surface area contributed by atoms with E-state index < -0.39 is 0 Å². The molecule has 0 atom stereocenters. The molecule has 0 saturated heterocycles. The SMILES string of the molecule is CC1(C(=O)NCCC#N)CCCCC1. The Kier molecular flexibility index (Phi) is 3.94. The van der Waals surface area contributed by atoms with Crippen LogP contribution in [0.4, 0.5) is 0 Å². The summed E-state index contributed by atoms with van der Waals surface area (Å²) in [5.74, 6) is 0.132. The van der Waals surface area contributed by atoms with Gasteiger partial charge in [-0.25, -0.2) is 0 Å². The van der Waals surface area contributed by atoms with Gasteiger partial charge in [-0.05, 0) is 12.8 Å². The fourth-order valence-electron chi connectivity index (χ4n) is 2.00. The Morgan fingerprint density at radius 3 is 2.64 bits per heavy atom. The van der Waals surface area contributed by atoms with Crippen molar-refractivity contribution in [3.63, 3.8) is 0 Å². The first-order valence-corrected chi connectivity index (χ1v) is 5.34. The van der Waals surface area contributed by atoms with Crippen LogP contribution in [0, 0.1) is 16.7 Å². The highest BCUT2D eigenvalue weighted by Gasteiger charge is 2.33. The lowest BCUT2D eigenvalue weighted by Crippen LogP contribution is -2.40. The van der Waals surface area contributed by atoms with E-state index in [0.717, 1.165) is 25.7 Å². The van der Waals surface area contributed by atoms with Crippen LogP contribution in [-0.4, -0.2) is 12.5 Å². The van der Waals surface area contributed by atoms with Crippen molar-refractivity contribution in [2.24, 2.45) is 5.41 Å². The van der Waals surface area contributed by atoms with E-state index in [1.165, 1.54) is 6.42 Å². The Labute approximate surface area is 85.5 Å². The second-order valence-corrected chi connectivity index (χ2v) is 4.29. The summed E-state index contributed by atoms with van der Waals surface area (Å²) in [5.41, 5.74) is -0.173. The quantitative estimate of drug-likeness (QED) is 0.698. The Balaban J connectivity index is 2.38. The molecule has 1 rings (SSSR count). The van der Waals surface area contributed by atoms with Gasteiger partial charge < -0.3 is 5.32 Å². The summed E-state index contributed by atoms with van der Waals surface area (Å²) in [6.45, 7) is 2.53. The second-order valence-electron chi connectivity index (χ2n) is 4.29. The van der Waals surface area contributed by atoms with Gasteiger partial charge in [-0.15, -0.1) is 0 Å². The van der Waals surface area contributed by atoms with Crippen LogP contribution < -0.4 is 5.32 Å². The van der Waals surface area contributed by atoms with Crippen molar-refractivity contribution in [2.45, 2.75) is 45.4 Å². The predicted octanol–water partition coefficient (Wildman–Crippen LogP) is 1.99. The molecule has 78 valence electrons. The van der Waals surface area contributed by atoms with Crippen molar-refractivity contribution in [1.82, 2.24) is 5.32 Å². The van der Waals surface area contributed by atoms with Gasteiger partial charge in [-0.1, -0.05) is 26.2 Å². The van der Waals surface area contributed by atoms with E-state index in [4.69, 9.17) is 5.26 Å². The number of nitrogens with zero attached hydrogens (tertiary/aromatic N) is 1. The highest BCUT2D eigenvalue weighted by Crippen LogP contribution is 2.35. The van der Waals surface area contributed by atoms with E-state index in [1.807, 2.05) is 13.0 Å². The summed E-state index contributed by atoms with van der Waals surface area (Å²) >= 11 is 0. The molecule has 1 fully saturated rings. The van der Waals surface area contributed by atoms with Gasteiger partial charge in [0, 0.05) is 12.0 Å². The van der Waals surface area contributed by atoms with Crippen molar-refractivity contribution in [2.75, 3.05) is 6.54 Å². The van der Waals surface area contributed by atoms with Crippen LogP contribution in [0.2, 0.25) is 0 Å². The number of nitriles is 1. The predicted molar refractivity (Wildman–Crippen MR) is 54.4 cm³/mol. The minimum Gasteiger partial charge on any atom is -0.355 e. The zero-order chi connectivity index (χ0) is 10.4. The Bertz CT molecular complexity index is 236. The molecule has 1 aliphatic rings. The largest absolute Gasteiger partial charge is 0.355 e. The average molecular weight is 194 g/mol. The molecule has 3 nitrogen and oxygen atoms in total. The normalized spacial score (nSPS) is 19.7. The maximum atomic E-state index is 11.8. The zero-order valence-electron chi connectivity index (χ0n) is 8.81. The monoisotopic (exact) mass is 194 g/mol. The van der Waals surface area contributed by atoms with Crippen LogP contribution in [0.25, 0.3) is 0 Å². The maximum Gasteiger partial charge on any atom is 0.225 e. The lowest BCUT2D eigenvalue weighted by molar-refractivity contribution is -0.131. The zero-order valence-corrected chi connectivity index (χ0v) is 8.81. The number of nitrogens with one attached hydrogen (secondary N) is 1. The van der Waals surface area contributed by atoms with E-state index in [9.17, 15) is 4.79 Å². The van der Waals surface area contributed by atoms with Crippen LogP contribution in [0.5, 0.6) is 0 Å². The Hall–Kier alpha value is -1.04. The third kappa shape index (κ3) is 2.73. The standard InChI is InChI=1S/C11H18N2O/c1-11(6-3-2-4-7-11)10(14)13-9-5-8-12/h2-7,9H2,1H3,(H,13,14). The smallest absolute Gasteiger partial charge is 0.225 e. The molecule has 14 heavy (non-hydrogen) atoms. The van der Waals surface area contributed by atoms with Crippen LogP contribution in [0.3, 0.4) is 0 Å². The highest BCUT2D eigenvalue weighted by atomic mass is 16.2. The fraction of sp³-hybridized carbons (Fsp3) is 0.818. The number of hydrogen-bond acceptors (Lipinski definition) is 2. The molecule has 0 aromatic heterocycles. The van der Waals surface area contributed by atoms with E-state index >= 15 is 0 Å². The van der Waals surface area contributed by atoms with Gasteiger partial charge in [0.2, 0.25) is 5.91 Å². The number of rotatable bonds is 3. The minimum absolute atomic E-state index is 0.132. The van der Waals surface area contributed by atoms with Gasteiger partial charge >= 0.3 is 0 Å². The summed E-state index contributed by atoms with van der Waals surface area (Å²) in [5, 5.41) is 11.2. The lowest BCUT2D eigenvalue weighted by Gasteiger charge is -2.31. The molecule has 3 heteroatoms. The molecular formula is C11H18N2O. The van der Waals surface area contributed by atoms with E-state index in [-0.39, 0.29) is 11.3 Å². The first kappa shape index (κ1) is 11.0. The molecular weight excluding hydrogens is 176 g/mol. The van der Waals surface area contributed by atoms with Crippen LogP contribution in [0.15, 0.2) is 0 Å². The third-order valence-corrected chi connectivity index (χ3v) is 3.03. The van der Waals surface area contributed by atoms with Crippen molar-refractivity contribution in [3.05, 3.63) is 0 Å². The topological polar surface area (TPSA) is 52.9 Å². The summed E-state index contributed by atoms with van der Waals surface area (Å²) in [6.07, 6.45) is 5.95. The van der Waals surface area contributed by atoms with Gasteiger partial charge in [0.15, 0.2) is 0 Å². The Morgan fingerprint density at radius 2 is 2.07 bits per heavy atom. The number of carbonyl (C=O) groups is 1. The molecule has 1 aliphatic carbocycles. The first-order valence-electron chi connectivity index (χ1n) is 5.34. The van der Waals surface area contributed by atoms with Crippen molar-refractivity contribution >= 4 is 5.91 Å². The second kappa shape index (κ2) is 4.99. The van der Waals surface area contributed by atoms with E-state index in [0.29, 0.717) is 13.0 Å². The van der Waals surface area contributed by atoms with Gasteiger partial charge in [-0.2, -0.15) is 5.26 Å². The van der Waals surface area contributed by atoms with Crippen molar-refractivity contribution < 1.29 is 4.79 Å². The molecule has 0 aromatic rings.